The first-order valence-electron chi connectivity index (χ1n) is 4.57. The van der Waals surface area contributed by atoms with Crippen molar-refractivity contribution in [3.8, 4) is 0 Å². The Morgan fingerprint density at radius 2 is 2.00 bits per heavy atom. The summed E-state index contributed by atoms with van der Waals surface area (Å²) in [5.74, 6) is -0.606. The molecule has 92 valence electrons. The smallest absolute Gasteiger partial charge is 0.463 e. The van der Waals surface area contributed by atoms with Crippen molar-refractivity contribution in [2.24, 2.45) is 0 Å². The lowest BCUT2D eigenvalue weighted by Gasteiger charge is -2.11. The summed E-state index contributed by atoms with van der Waals surface area (Å²) in [4.78, 5) is 32.4. The first kappa shape index (κ1) is 14.1. The van der Waals surface area contributed by atoms with Crippen LogP contribution in [0.1, 0.15) is 20.3 Å². The van der Waals surface area contributed by atoms with Crippen LogP contribution in [0.4, 0.5) is 4.79 Å². The van der Waals surface area contributed by atoms with Crippen molar-refractivity contribution in [3.05, 3.63) is 10.1 Å². The number of carbonyl (C=O) groups is 2. The highest BCUT2D eigenvalue weighted by molar-refractivity contribution is 5.71. The molecule has 0 radical (unpaired) electrons. The molecule has 0 N–H and O–H groups in total. The minimum Gasteiger partial charge on any atom is -0.463 e. The van der Waals surface area contributed by atoms with E-state index >= 15 is 0 Å². The van der Waals surface area contributed by atoms with Gasteiger partial charge in [-0.3, -0.25) is 4.79 Å². The Morgan fingerprint density at radius 3 is 2.38 bits per heavy atom. The molecule has 0 aromatic heterocycles. The molecule has 0 saturated carbocycles. The van der Waals surface area contributed by atoms with Gasteiger partial charge in [-0.15, -0.1) is 0 Å². The van der Waals surface area contributed by atoms with Crippen LogP contribution in [0.3, 0.4) is 0 Å². The molecule has 0 atom stereocenters. The first-order chi connectivity index (χ1) is 7.38. The minimum atomic E-state index is -1.12. The molecule has 8 nitrogen and oxygen atoms in total. The molecule has 0 unspecified atom stereocenters. The average molecular weight is 234 g/mol. The van der Waals surface area contributed by atoms with Crippen LogP contribution in [-0.4, -0.2) is 41.9 Å². The average Bonchev–Trinajstić information content (AvgIpc) is 2.15. The van der Waals surface area contributed by atoms with Crippen LogP contribution in [0.15, 0.2) is 0 Å². The van der Waals surface area contributed by atoms with E-state index in [1.54, 1.807) is 13.8 Å². The lowest BCUT2D eigenvalue weighted by molar-refractivity contribution is -0.634. The van der Waals surface area contributed by atoms with Crippen LogP contribution in [0.5, 0.6) is 0 Å². The van der Waals surface area contributed by atoms with Gasteiger partial charge in [0.1, 0.15) is 6.54 Å². The van der Waals surface area contributed by atoms with Gasteiger partial charge < -0.3 is 9.47 Å². The highest BCUT2D eigenvalue weighted by Gasteiger charge is 2.26. The van der Waals surface area contributed by atoms with Crippen LogP contribution in [0.25, 0.3) is 0 Å². The van der Waals surface area contributed by atoms with Gasteiger partial charge in [0, 0.05) is 0 Å². The first-order valence-corrected chi connectivity index (χ1v) is 4.57. The maximum atomic E-state index is 11.1. The summed E-state index contributed by atoms with van der Waals surface area (Å²) in [5.41, 5.74) is 0. The van der Waals surface area contributed by atoms with E-state index in [0.717, 1.165) is 7.11 Å². The van der Waals surface area contributed by atoms with Gasteiger partial charge in [0.25, 0.3) is 0 Å². The number of hydrazine groups is 1. The molecular formula is C8H14N2O6. The number of hydrogen-bond acceptors (Lipinski definition) is 6. The van der Waals surface area contributed by atoms with Gasteiger partial charge in [-0.25, -0.2) is 14.9 Å². The summed E-state index contributed by atoms with van der Waals surface area (Å²) in [7, 11) is 1.02. The molecule has 0 aliphatic heterocycles. The molecule has 0 aliphatic rings. The van der Waals surface area contributed by atoms with Gasteiger partial charge in [0.15, 0.2) is 5.03 Å². The summed E-state index contributed by atoms with van der Waals surface area (Å²) in [5, 5.41) is 9.69. The second kappa shape index (κ2) is 6.59. The Labute approximate surface area is 92.2 Å². The lowest BCUT2D eigenvalue weighted by atomic mass is 10.4. The summed E-state index contributed by atoms with van der Waals surface area (Å²) < 4.78 is 8.93. The highest BCUT2D eigenvalue weighted by atomic mass is 16.7. The van der Waals surface area contributed by atoms with Crippen LogP contribution in [0.2, 0.25) is 0 Å². The third kappa shape index (κ3) is 5.13. The van der Waals surface area contributed by atoms with Crippen molar-refractivity contribution in [3.63, 3.8) is 0 Å². The van der Waals surface area contributed by atoms with Gasteiger partial charge in [-0.1, -0.05) is 0 Å². The molecule has 0 aromatic rings. The number of rotatable bonds is 5. The summed E-state index contributed by atoms with van der Waals surface area (Å²) in [6, 6.07) is 0. The molecule has 1 amide bonds. The number of ether oxygens (including phenoxy) is 2. The highest BCUT2D eigenvalue weighted by Crippen LogP contribution is 1.99. The van der Waals surface area contributed by atoms with E-state index in [9.17, 15) is 19.7 Å². The molecule has 8 heteroatoms. The van der Waals surface area contributed by atoms with E-state index in [1.807, 2.05) is 0 Å². The Kier molecular flexibility index (Phi) is 5.83. The predicted molar refractivity (Wildman–Crippen MR) is 52.0 cm³/mol. The predicted octanol–water partition coefficient (Wildman–Crippen LogP) is 0.588. The zero-order valence-corrected chi connectivity index (χ0v) is 9.34. The molecule has 16 heavy (non-hydrogen) atoms. The van der Waals surface area contributed by atoms with Gasteiger partial charge in [-0.2, -0.15) is 0 Å². The second-order valence-electron chi connectivity index (χ2n) is 3.12. The van der Waals surface area contributed by atoms with Crippen molar-refractivity contribution >= 4 is 12.1 Å². The fourth-order valence-electron chi connectivity index (χ4n) is 0.864. The normalized spacial score (nSPS) is 9.75. The SMILES string of the molecule is COC(=O)N(CCC(=O)OC(C)C)[N+](=O)[O-]. The van der Waals surface area contributed by atoms with Gasteiger partial charge in [0.2, 0.25) is 0 Å². The van der Waals surface area contributed by atoms with Crippen LogP contribution < -0.4 is 0 Å². The number of esters is 1. The maximum absolute atomic E-state index is 11.1. The van der Waals surface area contributed by atoms with E-state index in [4.69, 9.17) is 4.74 Å². The molecule has 0 saturated heterocycles. The Morgan fingerprint density at radius 1 is 1.44 bits per heavy atom. The molecule has 0 heterocycles. The number of hydrogen-bond donors (Lipinski definition) is 0. The second-order valence-corrected chi connectivity index (χ2v) is 3.12. The lowest BCUT2D eigenvalue weighted by Crippen LogP contribution is -2.38. The largest absolute Gasteiger partial charge is 0.467 e. The van der Waals surface area contributed by atoms with Crippen molar-refractivity contribution in [2.75, 3.05) is 13.7 Å². The summed E-state index contributed by atoms with van der Waals surface area (Å²) in [6.45, 7) is 2.93. The molecule has 0 rings (SSSR count). The summed E-state index contributed by atoms with van der Waals surface area (Å²) >= 11 is 0. The third-order valence-corrected chi connectivity index (χ3v) is 1.48. The van der Waals surface area contributed by atoms with Crippen molar-refractivity contribution < 1.29 is 24.1 Å². The van der Waals surface area contributed by atoms with Crippen LogP contribution in [-0.2, 0) is 14.3 Å². The van der Waals surface area contributed by atoms with Crippen molar-refractivity contribution in [1.29, 1.82) is 0 Å². The number of nitro groups is 1. The van der Waals surface area contributed by atoms with E-state index < -0.39 is 17.1 Å². The molecule has 0 aliphatic carbocycles. The Balaban J connectivity index is 4.18. The number of carbonyl (C=O) groups excluding carboxylic acids is 2. The molecule has 0 fully saturated rings. The number of nitrogens with zero attached hydrogens (tertiary/aromatic N) is 2. The minimum absolute atomic E-state index is 0.210. The van der Waals surface area contributed by atoms with E-state index in [1.165, 1.54) is 0 Å². The maximum Gasteiger partial charge on any atom is 0.467 e. The standard InChI is InChI=1S/C8H14N2O6/c1-6(2)16-7(11)4-5-9(10(13)14)8(12)15-3/h6H,4-5H2,1-3H3. The Hall–Kier alpha value is -1.86. The number of methoxy groups -OCH3 is 1. The van der Waals surface area contributed by atoms with E-state index in [-0.39, 0.29) is 24.1 Å². The fraction of sp³-hybridized carbons (Fsp3) is 0.750. The van der Waals surface area contributed by atoms with Gasteiger partial charge >= 0.3 is 12.1 Å². The zero-order chi connectivity index (χ0) is 12.7. The summed E-state index contributed by atoms with van der Waals surface area (Å²) in [6.07, 6.45) is -1.68. The van der Waals surface area contributed by atoms with E-state index in [0.29, 0.717) is 0 Å². The zero-order valence-electron chi connectivity index (χ0n) is 9.34. The van der Waals surface area contributed by atoms with Gasteiger partial charge in [0.05, 0.1) is 19.6 Å². The topological polar surface area (TPSA) is 99.0 Å². The van der Waals surface area contributed by atoms with Crippen LogP contribution >= 0.6 is 0 Å². The third-order valence-electron chi connectivity index (χ3n) is 1.48. The monoisotopic (exact) mass is 234 g/mol. The van der Waals surface area contributed by atoms with E-state index in [2.05, 4.69) is 4.74 Å². The molecule has 0 spiro atoms. The Bertz CT molecular complexity index is 278. The number of amides is 1. The molecule has 0 aromatic carbocycles. The van der Waals surface area contributed by atoms with Crippen LogP contribution in [0, 0.1) is 10.1 Å². The van der Waals surface area contributed by atoms with Crippen molar-refractivity contribution in [1.82, 2.24) is 5.01 Å². The van der Waals surface area contributed by atoms with Gasteiger partial charge in [-0.05, 0) is 18.9 Å². The fourth-order valence-corrected chi connectivity index (χ4v) is 0.864. The molecule has 0 bridgehead atoms. The molecular weight excluding hydrogens is 220 g/mol. The van der Waals surface area contributed by atoms with Crippen molar-refractivity contribution in [2.45, 2.75) is 26.4 Å². The quantitative estimate of drug-likeness (QED) is 0.392.